The number of hydrazone groups is 1. The number of methoxy groups -OCH3 is 3. The molecule has 4 rings (SSSR count). The molecule has 0 heterocycles. The van der Waals surface area contributed by atoms with E-state index in [0.717, 1.165) is 10.8 Å². The summed E-state index contributed by atoms with van der Waals surface area (Å²) >= 11 is 0. The summed E-state index contributed by atoms with van der Waals surface area (Å²) in [5.41, 5.74) is 3.33. The molecule has 0 fully saturated rings. The van der Waals surface area contributed by atoms with Gasteiger partial charge in [-0.15, -0.1) is 0 Å². The van der Waals surface area contributed by atoms with Crippen molar-refractivity contribution in [3.05, 3.63) is 90.0 Å². The Morgan fingerprint density at radius 3 is 2.26 bits per heavy atom. The van der Waals surface area contributed by atoms with Crippen molar-refractivity contribution in [2.75, 3.05) is 27.9 Å². The number of fused-ring (bicyclic) bond motifs is 1. The lowest BCUT2D eigenvalue weighted by Crippen LogP contribution is -2.24. The van der Waals surface area contributed by atoms with Gasteiger partial charge in [-0.1, -0.05) is 36.4 Å². The van der Waals surface area contributed by atoms with Crippen molar-refractivity contribution >= 4 is 28.9 Å². The molecule has 38 heavy (non-hydrogen) atoms. The zero-order valence-corrected chi connectivity index (χ0v) is 21.1. The molecule has 0 saturated heterocycles. The summed E-state index contributed by atoms with van der Waals surface area (Å²) in [6.07, 6.45) is 1.44. The molecule has 0 radical (unpaired) electrons. The van der Waals surface area contributed by atoms with Gasteiger partial charge in [0.2, 0.25) is 0 Å². The van der Waals surface area contributed by atoms with Gasteiger partial charge in [0.25, 0.3) is 5.91 Å². The van der Waals surface area contributed by atoms with E-state index in [2.05, 4.69) is 10.5 Å². The number of carbonyl (C=O) groups is 2. The fourth-order valence-corrected chi connectivity index (χ4v) is 3.65. The van der Waals surface area contributed by atoms with E-state index in [1.54, 1.807) is 30.3 Å². The molecule has 9 heteroatoms. The Bertz CT molecular complexity index is 1480. The molecular formula is C29H26N2O7. The maximum atomic E-state index is 12.7. The third-order valence-corrected chi connectivity index (χ3v) is 5.52. The Morgan fingerprint density at radius 2 is 1.47 bits per heavy atom. The van der Waals surface area contributed by atoms with Crippen molar-refractivity contribution in [1.82, 2.24) is 5.43 Å². The van der Waals surface area contributed by atoms with Crippen LogP contribution in [0.2, 0.25) is 0 Å². The molecule has 194 valence electrons. The minimum atomic E-state index is -0.593. The van der Waals surface area contributed by atoms with Gasteiger partial charge in [-0.25, -0.2) is 10.2 Å². The van der Waals surface area contributed by atoms with Gasteiger partial charge < -0.3 is 23.7 Å². The molecule has 1 amide bonds. The van der Waals surface area contributed by atoms with Crippen LogP contribution in [0.4, 0.5) is 0 Å². The lowest BCUT2D eigenvalue weighted by atomic mass is 10.1. The molecule has 0 aliphatic rings. The summed E-state index contributed by atoms with van der Waals surface area (Å²) in [5.74, 6) is 1.05. The van der Waals surface area contributed by atoms with E-state index in [1.165, 1.54) is 33.6 Å². The third-order valence-electron chi connectivity index (χ3n) is 5.52. The van der Waals surface area contributed by atoms with E-state index >= 15 is 0 Å². The highest BCUT2D eigenvalue weighted by atomic mass is 16.6. The normalized spacial score (nSPS) is 10.7. The van der Waals surface area contributed by atoms with E-state index in [1.807, 2.05) is 42.5 Å². The highest BCUT2D eigenvalue weighted by Gasteiger charge is 2.15. The van der Waals surface area contributed by atoms with E-state index in [9.17, 15) is 9.59 Å². The first-order chi connectivity index (χ1) is 18.5. The molecule has 0 aliphatic heterocycles. The molecule has 0 saturated carbocycles. The summed E-state index contributed by atoms with van der Waals surface area (Å²) in [6.45, 7) is -0.195. The summed E-state index contributed by atoms with van der Waals surface area (Å²) in [6, 6.07) is 23.0. The average molecular weight is 515 g/mol. The molecule has 4 aromatic rings. The van der Waals surface area contributed by atoms with Crippen LogP contribution < -0.4 is 29.1 Å². The largest absolute Gasteiger partial charge is 0.493 e. The van der Waals surface area contributed by atoms with Crippen LogP contribution in [0.3, 0.4) is 0 Å². The SMILES string of the molecule is COc1ccc(C(=O)Oc2ccc(C=NNC(=O)COc3cccc4ccccc34)cc2OC)cc1OC. The fourth-order valence-electron chi connectivity index (χ4n) is 3.65. The van der Waals surface area contributed by atoms with Crippen molar-refractivity contribution in [1.29, 1.82) is 0 Å². The van der Waals surface area contributed by atoms with Crippen LogP contribution >= 0.6 is 0 Å². The number of nitrogens with zero attached hydrogens (tertiary/aromatic N) is 1. The van der Waals surface area contributed by atoms with Crippen LogP contribution in [0.5, 0.6) is 28.7 Å². The van der Waals surface area contributed by atoms with E-state index in [-0.39, 0.29) is 17.9 Å². The standard InChI is InChI=1S/C29H26N2O7/c1-34-24-14-12-21(16-27(24)36-3)29(33)38-25-13-11-19(15-26(25)35-2)17-30-31-28(32)18-37-23-10-6-8-20-7-4-5-9-22(20)23/h4-17H,18H2,1-3H3,(H,31,32). The van der Waals surface area contributed by atoms with Crippen LogP contribution in [0.25, 0.3) is 10.8 Å². The van der Waals surface area contributed by atoms with Gasteiger partial charge in [-0.2, -0.15) is 5.10 Å². The Labute approximate surface area is 219 Å². The molecule has 9 nitrogen and oxygen atoms in total. The summed E-state index contributed by atoms with van der Waals surface area (Å²) in [7, 11) is 4.45. The van der Waals surface area contributed by atoms with Gasteiger partial charge in [0.1, 0.15) is 5.75 Å². The van der Waals surface area contributed by atoms with Gasteiger partial charge in [-0.3, -0.25) is 4.79 Å². The Balaban J connectivity index is 1.35. The lowest BCUT2D eigenvalue weighted by molar-refractivity contribution is -0.123. The van der Waals surface area contributed by atoms with E-state index in [0.29, 0.717) is 28.6 Å². The number of hydrogen-bond acceptors (Lipinski definition) is 8. The van der Waals surface area contributed by atoms with Gasteiger partial charge in [0.15, 0.2) is 29.6 Å². The number of rotatable bonds is 10. The summed E-state index contributed by atoms with van der Waals surface area (Å²) in [5, 5.41) is 5.92. The number of hydrogen-bond donors (Lipinski definition) is 1. The minimum Gasteiger partial charge on any atom is -0.493 e. The predicted octanol–water partition coefficient (Wildman–Crippen LogP) is 4.61. The maximum absolute atomic E-state index is 12.7. The number of ether oxygens (including phenoxy) is 5. The van der Waals surface area contributed by atoms with E-state index < -0.39 is 11.9 Å². The van der Waals surface area contributed by atoms with Gasteiger partial charge >= 0.3 is 5.97 Å². The smallest absolute Gasteiger partial charge is 0.343 e. The Hall–Kier alpha value is -5.05. The lowest BCUT2D eigenvalue weighted by Gasteiger charge is -2.12. The minimum absolute atomic E-state index is 0.195. The predicted molar refractivity (Wildman–Crippen MR) is 143 cm³/mol. The second kappa shape index (κ2) is 12.3. The number of esters is 1. The second-order valence-electron chi connectivity index (χ2n) is 7.93. The van der Waals surface area contributed by atoms with Crippen molar-refractivity contribution in [2.45, 2.75) is 0 Å². The highest BCUT2D eigenvalue weighted by Crippen LogP contribution is 2.31. The van der Waals surface area contributed by atoms with Gasteiger partial charge in [0, 0.05) is 5.39 Å². The summed E-state index contributed by atoms with van der Waals surface area (Å²) in [4.78, 5) is 24.9. The molecule has 0 atom stereocenters. The van der Waals surface area contributed by atoms with Crippen LogP contribution in [0.1, 0.15) is 15.9 Å². The zero-order valence-electron chi connectivity index (χ0n) is 21.1. The first kappa shape index (κ1) is 26.0. The van der Waals surface area contributed by atoms with Crippen LogP contribution in [-0.2, 0) is 4.79 Å². The van der Waals surface area contributed by atoms with Crippen molar-refractivity contribution < 1.29 is 33.3 Å². The van der Waals surface area contributed by atoms with Crippen LogP contribution in [0.15, 0.2) is 84.0 Å². The Morgan fingerprint density at radius 1 is 0.763 bits per heavy atom. The maximum Gasteiger partial charge on any atom is 0.343 e. The molecule has 0 aromatic heterocycles. The van der Waals surface area contributed by atoms with Gasteiger partial charge in [0.05, 0.1) is 33.1 Å². The molecule has 0 bridgehead atoms. The molecule has 0 spiro atoms. The molecule has 4 aromatic carbocycles. The fraction of sp³-hybridized carbons (Fsp3) is 0.138. The van der Waals surface area contributed by atoms with Crippen molar-refractivity contribution in [2.24, 2.45) is 5.10 Å². The molecular weight excluding hydrogens is 488 g/mol. The molecule has 0 unspecified atom stereocenters. The van der Waals surface area contributed by atoms with Crippen molar-refractivity contribution in [3.8, 4) is 28.7 Å². The van der Waals surface area contributed by atoms with Crippen LogP contribution in [-0.4, -0.2) is 46.0 Å². The van der Waals surface area contributed by atoms with Crippen LogP contribution in [0, 0.1) is 0 Å². The quantitative estimate of drug-likeness (QED) is 0.143. The number of carbonyl (C=O) groups excluding carboxylic acids is 2. The summed E-state index contributed by atoms with van der Waals surface area (Å²) < 4.78 is 27.0. The van der Waals surface area contributed by atoms with Gasteiger partial charge in [-0.05, 0) is 53.4 Å². The second-order valence-corrected chi connectivity index (χ2v) is 7.93. The Kier molecular flexibility index (Phi) is 8.40. The third kappa shape index (κ3) is 6.19. The zero-order chi connectivity index (χ0) is 26.9. The average Bonchev–Trinajstić information content (AvgIpc) is 2.96. The molecule has 0 aliphatic carbocycles. The van der Waals surface area contributed by atoms with Crippen molar-refractivity contribution in [3.63, 3.8) is 0 Å². The molecule has 1 N–H and O–H groups in total. The topological polar surface area (TPSA) is 105 Å². The number of benzene rings is 4. The number of nitrogens with one attached hydrogen (secondary N) is 1. The van der Waals surface area contributed by atoms with E-state index in [4.69, 9.17) is 23.7 Å². The monoisotopic (exact) mass is 514 g/mol. The highest BCUT2D eigenvalue weighted by molar-refractivity contribution is 5.92. The number of amides is 1. The first-order valence-corrected chi connectivity index (χ1v) is 11.6. The first-order valence-electron chi connectivity index (χ1n) is 11.6.